The van der Waals surface area contributed by atoms with E-state index in [4.69, 9.17) is 0 Å². The van der Waals surface area contributed by atoms with E-state index in [1.54, 1.807) is 0 Å². The summed E-state index contributed by atoms with van der Waals surface area (Å²) in [7, 11) is 0. The molecule has 0 aromatic rings. The number of hydrogen-bond donors (Lipinski definition) is 2. The van der Waals surface area contributed by atoms with Gasteiger partial charge < -0.3 is 10.4 Å². The van der Waals surface area contributed by atoms with Crippen molar-refractivity contribution in [2.75, 3.05) is 13.2 Å². The van der Waals surface area contributed by atoms with E-state index in [0.717, 1.165) is 11.8 Å². The Morgan fingerprint density at radius 2 is 1.75 bits per heavy atom. The Balaban J connectivity index is 1.73. The lowest BCUT2D eigenvalue weighted by atomic mass is 9.80. The number of nitrogens with one attached hydrogen (secondary N) is 1. The average Bonchev–Trinajstić information content (AvgIpc) is 2.75. The standard InChI is InChI=1S/C14H27NO/c1-11-5-2-3-6-12(11)9-15-14-8-4-7-13(14)10-16/h11-16H,2-10H2,1H3. The van der Waals surface area contributed by atoms with Gasteiger partial charge in [-0.15, -0.1) is 0 Å². The normalized spacial score (nSPS) is 40.1. The highest BCUT2D eigenvalue weighted by atomic mass is 16.3. The van der Waals surface area contributed by atoms with Gasteiger partial charge in [-0.05, 0) is 43.6 Å². The highest BCUT2D eigenvalue weighted by Crippen LogP contribution is 2.30. The molecule has 2 heteroatoms. The highest BCUT2D eigenvalue weighted by molar-refractivity contribution is 4.84. The van der Waals surface area contributed by atoms with Crippen LogP contribution in [0, 0.1) is 17.8 Å². The SMILES string of the molecule is CC1CCCCC1CNC1CCCC1CO. The van der Waals surface area contributed by atoms with Gasteiger partial charge in [0.05, 0.1) is 0 Å². The monoisotopic (exact) mass is 225 g/mol. The number of aliphatic hydroxyl groups excluding tert-OH is 1. The summed E-state index contributed by atoms with van der Waals surface area (Å²) in [5, 5.41) is 13.0. The molecule has 4 unspecified atom stereocenters. The summed E-state index contributed by atoms with van der Waals surface area (Å²) in [6.07, 6.45) is 9.46. The minimum Gasteiger partial charge on any atom is -0.396 e. The van der Waals surface area contributed by atoms with E-state index >= 15 is 0 Å². The number of rotatable bonds is 4. The predicted molar refractivity (Wildman–Crippen MR) is 67.3 cm³/mol. The fourth-order valence-corrected chi connectivity index (χ4v) is 3.52. The van der Waals surface area contributed by atoms with Crippen LogP contribution in [0.15, 0.2) is 0 Å². The van der Waals surface area contributed by atoms with Crippen LogP contribution in [0.5, 0.6) is 0 Å². The molecule has 0 aromatic carbocycles. The molecule has 0 spiro atoms. The first-order valence-electron chi connectivity index (χ1n) is 7.15. The lowest BCUT2D eigenvalue weighted by Gasteiger charge is -2.31. The van der Waals surface area contributed by atoms with E-state index in [-0.39, 0.29) is 0 Å². The van der Waals surface area contributed by atoms with Crippen LogP contribution < -0.4 is 5.32 Å². The van der Waals surface area contributed by atoms with Crippen molar-refractivity contribution in [2.45, 2.75) is 57.9 Å². The molecule has 2 fully saturated rings. The zero-order valence-corrected chi connectivity index (χ0v) is 10.6. The minimum absolute atomic E-state index is 0.373. The second-order valence-electron chi connectivity index (χ2n) is 5.91. The summed E-state index contributed by atoms with van der Waals surface area (Å²) in [5.41, 5.74) is 0. The zero-order valence-electron chi connectivity index (χ0n) is 10.6. The lowest BCUT2D eigenvalue weighted by Crippen LogP contribution is -2.39. The number of aliphatic hydroxyl groups is 1. The molecule has 0 aliphatic heterocycles. The Morgan fingerprint density at radius 3 is 2.50 bits per heavy atom. The second kappa shape index (κ2) is 6.02. The van der Waals surface area contributed by atoms with Crippen LogP contribution in [0.2, 0.25) is 0 Å². The van der Waals surface area contributed by atoms with Crippen molar-refractivity contribution in [3.8, 4) is 0 Å². The van der Waals surface area contributed by atoms with Crippen LogP contribution in [0.25, 0.3) is 0 Å². The van der Waals surface area contributed by atoms with Crippen molar-refractivity contribution in [2.24, 2.45) is 17.8 Å². The van der Waals surface area contributed by atoms with Gasteiger partial charge in [0.1, 0.15) is 0 Å². The van der Waals surface area contributed by atoms with Gasteiger partial charge in [-0.25, -0.2) is 0 Å². The first-order chi connectivity index (χ1) is 7.81. The molecular formula is C14H27NO. The third-order valence-corrected chi connectivity index (χ3v) is 4.82. The average molecular weight is 225 g/mol. The molecule has 4 atom stereocenters. The highest BCUT2D eigenvalue weighted by Gasteiger charge is 2.28. The predicted octanol–water partition coefficient (Wildman–Crippen LogP) is 2.56. The van der Waals surface area contributed by atoms with Crippen molar-refractivity contribution in [3.63, 3.8) is 0 Å². The first kappa shape index (κ1) is 12.4. The van der Waals surface area contributed by atoms with Crippen molar-refractivity contribution < 1.29 is 5.11 Å². The Kier molecular flexibility index (Phi) is 4.66. The van der Waals surface area contributed by atoms with Gasteiger partial charge in [-0.2, -0.15) is 0 Å². The van der Waals surface area contributed by atoms with Crippen molar-refractivity contribution in [1.82, 2.24) is 5.32 Å². The van der Waals surface area contributed by atoms with Gasteiger partial charge in [0.2, 0.25) is 0 Å². The van der Waals surface area contributed by atoms with Crippen LogP contribution in [0.4, 0.5) is 0 Å². The van der Waals surface area contributed by atoms with Crippen LogP contribution in [-0.4, -0.2) is 24.3 Å². The maximum Gasteiger partial charge on any atom is 0.0474 e. The summed E-state index contributed by atoms with van der Waals surface area (Å²) in [6, 6.07) is 0.596. The molecule has 0 amide bonds. The summed E-state index contributed by atoms with van der Waals surface area (Å²) < 4.78 is 0. The van der Waals surface area contributed by atoms with Crippen LogP contribution in [0.3, 0.4) is 0 Å². The molecule has 94 valence electrons. The molecule has 0 radical (unpaired) electrons. The van der Waals surface area contributed by atoms with Gasteiger partial charge in [0.15, 0.2) is 0 Å². The summed E-state index contributed by atoms with van der Waals surface area (Å²) >= 11 is 0. The van der Waals surface area contributed by atoms with Gasteiger partial charge in [0.25, 0.3) is 0 Å². The largest absolute Gasteiger partial charge is 0.396 e. The van der Waals surface area contributed by atoms with Crippen LogP contribution in [0.1, 0.15) is 51.9 Å². The zero-order chi connectivity index (χ0) is 11.4. The maximum absolute atomic E-state index is 9.29. The Hall–Kier alpha value is -0.0800. The van der Waals surface area contributed by atoms with E-state index in [2.05, 4.69) is 12.2 Å². The lowest BCUT2D eigenvalue weighted by molar-refractivity contribution is 0.189. The third-order valence-electron chi connectivity index (χ3n) is 4.82. The van der Waals surface area contributed by atoms with Crippen LogP contribution >= 0.6 is 0 Å². The molecule has 2 saturated carbocycles. The van der Waals surface area contributed by atoms with E-state index in [0.29, 0.717) is 18.6 Å². The molecule has 2 N–H and O–H groups in total. The molecule has 2 aliphatic rings. The minimum atomic E-state index is 0.373. The molecule has 2 nitrogen and oxygen atoms in total. The molecular weight excluding hydrogens is 198 g/mol. The molecule has 2 rings (SSSR count). The van der Waals surface area contributed by atoms with Gasteiger partial charge in [0, 0.05) is 12.6 Å². The maximum atomic E-state index is 9.29. The first-order valence-corrected chi connectivity index (χ1v) is 7.15. The molecule has 0 aromatic heterocycles. The van der Waals surface area contributed by atoms with Gasteiger partial charge in [-0.1, -0.05) is 32.6 Å². The fourth-order valence-electron chi connectivity index (χ4n) is 3.52. The molecule has 0 bridgehead atoms. The molecule has 16 heavy (non-hydrogen) atoms. The van der Waals surface area contributed by atoms with E-state index < -0.39 is 0 Å². The summed E-state index contributed by atoms with van der Waals surface area (Å²) in [4.78, 5) is 0. The van der Waals surface area contributed by atoms with Crippen molar-refractivity contribution in [1.29, 1.82) is 0 Å². The summed E-state index contributed by atoms with van der Waals surface area (Å²) in [6.45, 7) is 3.96. The Bertz CT molecular complexity index is 205. The third kappa shape index (κ3) is 2.98. The van der Waals surface area contributed by atoms with Crippen molar-refractivity contribution >= 4 is 0 Å². The Labute approximate surface area is 99.8 Å². The molecule has 2 aliphatic carbocycles. The van der Waals surface area contributed by atoms with E-state index in [1.807, 2.05) is 0 Å². The molecule has 0 heterocycles. The topological polar surface area (TPSA) is 32.3 Å². The number of hydrogen-bond acceptors (Lipinski definition) is 2. The van der Waals surface area contributed by atoms with Crippen molar-refractivity contribution in [3.05, 3.63) is 0 Å². The molecule has 0 saturated heterocycles. The van der Waals surface area contributed by atoms with Crippen LogP contribution in [-0.2, 0) is 0 Å². The van der Waals surface area contributed by atoms with E-state index in [9.17, 15) is 5.11 Å². The fraction of sp³-hybridized carbons (Fsp3) is 1.00. The summed E-state index contributed by atoms with van der Waals surface area (Å²) in [5.74, 6) is 2.31. The van der Waals surface area contributed by atoms with Gasteiger partial charge >= 0.3 is 0 Å². The quantitative estimate of drug-likeness (QED) is 0.770. The van der Waals surface area contributed by atoms with E-state index in [1.165, 1.54) is 51.5 Å². The Morgan fingerprint density at radius 1 is 1.00 bits per heavy atom. The smallest absolute Gasteiger partial charge is 0.0474 e. The second-order valence-corrected chi connectivity index (χ2v) is 5.91. The van der Waals surface area contributed by atoms with Gasteiger partial charge in [-0.3, -0.25) is 0 Å².